The van der Waals surface area contributed by atoms with Crippen molar-refractivity contribution in [2.75, 3.05) is 19.0 Å². The van der Waals surface area contributed by atoms with E-state index < -0.39 is 62.9 Å². The van der Waals surface area contributed by atoms with Crippen molar-refractivity contribution in [3.63, 3.8) is 0 Å². The van der Waals surface area contributed by atoms with Gasteiger partial charge in [-0.2, -0.15) is 0 Å². The molecule has 2 aliphatic carbocycles. The highest BCUT2D eigenvalue weighted by molar-refractivity contribution is 7.90. The maximum atomic E-state index is 14.3. The molecule has 15 nitrogen and oxygen atoms in total. The SMILES string of the molecule is C=CC1C[C@]1(NC(=O)[C@@H]1C[C@@H](Oc2cc(-c3csc(NC(=O)CC4CCCC4)n3)nc3cc(OC)ccc23)CN1C(=O)[C@@H](O)C(C)(C)C)C(=O)NS(=O)(=O)c1ccccc1. The van der Waals surface area contributed by atoms with Gasteiger partial charge in [0.1, 0.15) is 41.0 Å². The number of methoxy groups -OCH3 is 1. The summed E-state index contributed by atoms with van der Waals surface area (Å²) in [6, 6.07) is 13.2. The molecule has 0 spiro atoms. The van der Waals surface area contributed by atoms with E-state index in [0.29, 0.717) is 51.3 Å². The lowest BCUT2D eigenvalue weighted by atomic mass is 9.88. The third kappa shape index (κ3) is 9.02. The highest BCUT2D eigenvalue weighted by Gasteiger charge is 2.61. The van der Waals surface area contributed by atoms with Crippen molar-refractivity contribution < 1.29 is 42.2 Å². The molecule has 4 aromatic rings. The van der Waals surface area contributed by atoms with Crippen molar-refractivity contribution in [1.29, 1.82) is 0 Å². The van der Waals surface area contributed by atoms with Gasteiger partial charge in [-0.3, -0.25) is 19.2 Å². The Balaban J connectivity index is 1.15. The summed E-state index contributed by atoms with van der Waals surface area (Å²) >= 11 is 1.28. The van der Waals surface area contributed by atoms with Crippen LogP contribution in [0.5, 0.6) is 11.5 Å². The van der Waals surface area contributed by atoms with Crippen LogP contribution >= 0.6 is 11.3 Å². The lowest BCUT2D eigenvalue weighted by Crippen LogP contribution is -2.57. The Morgan fingerprint density at radius 1 is 1.07 bits per heavy atom. The average Bonchev–Trinajstić information content (AvgIpc) is 3.63. The zero-order chi connectivity index (χ0) is 43.0. The number of likely N-dealkylation sites (tertiary alicyclic amines) is 1. The Bertz CT molecular complexity index is 2410. The predicted molar refractivity (Wildman–Crippen MR) is 226 cm³/mol. The number of rotatable bonds is 14. The fourth-order valence-electron chi connectivity index (χ4n) is 7.92. The van der Waals surface area contributed by atoms with Crippen LogP contribution in [0.25, 0.3) is 22.3 Å². The number of pyridine rings is 1. The van der Waals surface area contributed by atoms with Gasteiger partial charge >= 0.3 is 0 Å². The number of anilines is 1. The number of nitrogens with zero attached hydrogens (tertiary/aromatic N) is 3. The molecule has 1 aliphatic heterocycles. The number of sulfonamides is 1. The maximum Gasteiger partial charge on any atom is 0.264 e. The van der Waals surface area contributed by atoms with Crippen molar-refractivity contribution >= 4 is 61.0 Å². The first kappa shape index (κ1) is 42.7. The topological polar surface area (TPSA) is 206 Å². The van der Waals surface area contributed by atoms with Gasteiger partial charge in [-0.15, -0.1) is 17.9 Å². The molecule has 2 aromatic carbocycles. The zero-order valence-corrected chi connectivity index (χ0v) is 35.6. The molecule has 7 rings (SSSR count). The van der Waals surface area contributed by atoms with Crippen molar-refractivity contribution in [2.24, 2.45) is 17.3 Å². The van der Waals surface area contributed by atoms with E-state index in [1.807, 2.05) is 0 Å². The number of hydrogen-bond donors (Lipinski definition) is 4. The molecule has 318 valence electrons. The Kier molecular flexibility index (Phi) is 12.1. The summed E-state index contributed by atoms with van der Waals surface area (Å²) in [5.41, 5.74) is -1.06. The van der Waals surface area contributed by atoms with Crippen LogP contribution < -0.4 is 24.8 Å². The van der Waals surface area contributed by atoms with Crippen LogP contribution in [-0.2, 0) is 29.2 Å². The number of carbonyl (C=O) groups excluding carboxylic acids is 4. The molecule has 17 heteroatoms. The molecule has 3 aliphatic rings. The van der Waals surface area contributed by atoms with Crippen molar-refractivity contribution in [3.05, 3.63) is 72.6 Å². The van der Waals surface area contributed by atoms with E-state index in [1.165, 1.54) is 46.6 Å². The Labute approximate surface area is 353 Å². The second kappa shape index (κ2) is 16.9. The summed E-state index contributed by atoms with van der Waals surface area (Å²) in [6.45, 7) is 8.77. The molecule has 1 unspecified atom stereocenters. The first-order chi connectivity index (χ1) is 28.5. The van der Waals surface area contributed by atoms with Gasteiger partial charge in [0.25, 0.3) is 21.8 Å². The van der Waals surface area contributed by atoms with Crippen LogP contribution in [0.4, 0.5) is 5.13 Å². The number of aromatic nitrogens is 2. The standard InChI is InChI=1S/C43H50N6O9S2/c1-6-26-22-43(26,40(54)48-60(55,56)29-14-8-7-9-15-29)47-38(52)34-20-28(23-49(34)39(53)37(51)42(2,3)4)58-35-21-32(44-31-19-27(57-5)16-17-30(31)35)33-24-59-41(45-33)46-36(50)18-25-12-10-11-13-25/h6-9,14-17,19,21,24-26,28,34,37,51H,1,10-13,18,20,22-23H2,2-5H3,(H,47,52)(H,48,54)(H,45,46,50)/t26?,28-,34+,37-,43-/m1/s1. The largest absolute Gasteiger partial charge is 0.497 e. The predicted octanol–water partition coefficient (Wildman–Crippen LogP) is 5.21. The van der Waals surface area contributed by atoms with Gasteiger partial charge in [0.15, 0.2) is 5.13 Å². The van der Waals surface area contributed by atoms with Gasteiger partial charge in [-0.05, 0) is 54.9 Å². The molecular weight excluding hydrogens is 809 g/mol. The highest BCUT2D eigenvalue weighted by Crippen LogP contribution is 2.45. The van der Waals surface area contributed by atoms with E-state index in [-0.39, 0.29) is 30.2 Å². The monoisotopic (exact) mass is 858 g/mol. The smallest absolute Gasteiger partial charge is 0.264 e. The van der Waals surface area contributed by atoms with Gasteiger partial charge in [0.2, 0.25) is 11.8 Å². The summed E-state index contributed by atoms with van der Waals surface area (Å²) < 4.78 is 40.5. The molecule has 60 heavy (non-hydrogen) atoms. The minimum atomic E-state index is -4.28. The van der Waals surface area contributed by atoms with E-state index in [4.69, 9.17) is 14.5 Å². The normalized spacial score (nSPS) is 22.2. The molecule has 2 saturated carbocycles. The molecule has 5 atom stereocenters. The summed E-state index contributed by atoms with van der Waals surface area (Å²) in [5.74, 6) is -1.72. The van der Waals surface area contributed by atoms with Crippen LogP contribution in [0.3, 0.4) is 0 Å². The summed E-state index contributed by atoms with van der Waals surface area (Å²) in [4.78, 5) is 65.4. The van der Waals surface area contributed by atoms with Gasteiger partial charge in [0, 0.05) is 41.7 Å². The van der Waals surface area contributed by atoms with Gasteiger partial charge in [0.05, 0.1) is 29.8 Å². The van der Waals surface area contributed by atoms with E-state index in [0.717, 1.165) is 25.7 Å². The third-order valence-electron chi connectivity index (χ3n) is 11.5. The number of benzene rings is 2. The Morgan fingerprint density at radius 3 is 2.47 bits per heavy atom. The number of fused-ring (bicyclic) bond motifs is 1. The molecule has 4 N–H and O–H groups in total. The van der Waals surface area contributed by atoms with Crippen LogP contribution in [0.1, 0.15) is 65.7 Å². The first-order valence-electron chi connectivity index (χ1n) is 20.0. The first-order valence-corrected chi connectivity index (χ1v) is 22.3. The summed E-state index contributed by atoms with van der Waals surface area (Å²) in [6.07, 6.45) is 4.09. The second-order valence-corrected chi connectivity index (χ2v) is 19.4. The Morgan fingerprint density at radius 2 is 1.80 bits per heavy atom. The molecule has 3 heterocycles. The van der Waals surface area contributed by atoms with Crippen molar-refractivity contribution in [2.45, 2.75) is 94.4 Å². The minimum absolute atomic E-state index is 0.0314. The molecule has 3 fully saturated rings. The van der Waals surface area contributed by atoms with E-state index in [1.54, 1.807) is 63.6 Å². The lowest BCUT2D eigenvalue weighted by Gasteiger charge is -2.32. The maximum absolute atomic E-state index is 14.3. The number of aliphatic hydroxyl groups is 1. The van der Waals surface area contributed by atoms with Gasteiger partial charge < -0.3 is 30.1 Å². The fourth-order valence-corrected chi connectivity index (χ4v) is 9.70. The summed E-state index contributed by atoms with van der Waals surface area (Å²) in [7, 11) is -2.74. The second-order valence-electron chi connectivity index (χ2n) is 16.8. The fraction of sp³-hybridized carbons (Fsp3) is 0.442. The molecule has 2 aromatic heterocycles. The van der Waals surface area contributed by atoms with Crippen molar-refractivity contribution in [3.8, 4) is 22.9 Å². The molecule has 0 bridgehead atoms. The van der Waals surface area contributed by atoms with Crippen LogP contribution in [0.2, 0.25) is 0 Å². The molecule has 1 saturated heterocycles. The van der Waals surface area contributed by atoms with Crippen LogP contribution in [-0.4, -0.2) is 89.5 Å². The van der Waals surface area contributed by atoms with Crippen LogP contribution in [0, 0.1) is 17.3 Å². The number of ether oxygens (including phenoxy) is 2. The van der Waals surface area contributed by atoms with Gasteiger partial charge in [-0.25, -0.2) is 23.1 Å². The van der Waals surface area contributed by atoms with E-state index in [2.05, 4.69) is 26.9 Å². The number of thiazole rings is 1. The van der Waals surface area contributed by atoms with Gasteiger partial charge in [-0.1, -0.05) is 57.9 Å². The zero-order valence-electron chi connectivity index (χ0n) is 34.0. The number of nitrogens with one attached hydrogen (secondary N) is 3. The van der Waals surface area contributed by atoms with E-state index >= 15 is 0 Å². The average molecular weight is 859 g/mol. The lowest BCUT2D eigenvalue weighted by molar-refractivity contribution is -0.150. The summed E-state index contributed by atoms with van der Waals surface area (Å²) in [5, 5.41) is 19.7. The number of carbonyl (C=O) groups is 4. The van der Waals surface area contributed by atoms with Crippen molar-refractivity contribution in [1.82, 2.24) is 24.9 Å². The Hall–Kier alpha value is -5.39. The number of hydrogen-bond acceptors (Lipinski definition) is 12. The number of aliphatic hydroxyl groups excluding tert-OH is 1. The molecule has 4 amide bonds. The molecular formula is C43H50N6O9S2. The van der Waals surface area contributed by atoms with Crippen LogP contribution in [0.15, 0.2) is 77.5 Å². The van der Waals surface area contributed by atoms with E-state index in [9.17, 15) is 32.7 Å². The third-order valence-corrected chi connectivity index (χ3v) is 13.6. The quantitative estimate of drug-likeness (QED) is 0.121. The minimum Gasteiger partial charge on any atom is -0.497 e. The molecule has 0 radical (unpaired) electrons. The highest BCUT2D eigenvalue weighted by atomic mass is 32.2. The number of amides is 4.